The molecule has 122 valence electrons. The SMILES string of the molecule is N#C[C@@H]1CCCN1C(=O)CNC(=O)c1ccnc2cc(I)ccc12. The summed E-state index contributed by atoms with van der Waals surface area (Å²) in [4.78, 5) is 30.4. The third kappa shape index (κ3) is 3.33. The monoisotopic (exact) mass is 434 g/mol. The third-order valence-electron chi connectivity index (χ3n) is 4.07. The molecule has 1 aromatic carbocycles. The molecule has 1 aromatic heterocycles. The number of aromatic nitrogens is 1. The molecule has 1 aliphatic heterocycles. The number of fused-ring (bicyclic) bond motifs is 1. The molecule has 0 aliphatic carbocycles. The Balaban J connectivity index is 1.72. The first-order chi connectivity index (χ1) is 11.6. The summed E-state index contributed by atoms with van der Waals surface area (Å²) in [5.41, 5.74) is 1.23. The number of likely N-dealkylation sites (tertiary alicyclic amines) is 1. The van der Waals surface area contributed by atoms with E-state index in [1.54, 1.807) is 12.3 Å². The van der Waals surface area contributed by atoms with Crippen molar-refractivity contribution in [3.63, 3.8) is 0 Å². The predicted octanol–water partition coefficient (Wildman–Crippen LogP) is 2.08. The normalized spacial score (nSPS) is 16.8. The number of halogens is 1. The minimum absolute atomic E-state index is 0.106. The van der Waals surface area contributed by atoms with Gasteiger partial charge in [0.2, 0.25) is 5.91 Å². The van der Waals surface area contributed by atoms with Gasteiger partial charge in [-0.1, -0.05) is 6.07 Å². The number of carbonyl (C=O) groups is 2. The molecule has 0 bridgehead atoms. The van der Waals surface area contributed by atoms with Crippen LogP contribution in [0.15, 0.2) is 30.5 Å². The molecule has 0 spiro atoms. The first-order valence-corrected chi connectivity index (χ1v) is 8.69. The zero-order valence-electron chi connectivity index (χ0n) is 12.8. The van der Waals surface area contributed by atoms with E-state index in [2.05, 4.69) is 39.0 Å². The van der Waals surface area contributed by atoms with Crippen molar-refractivity contribution < 1.29 is 9.59 Å². The first kappa shape index (κ1) is 16.6. The van der Waals surface area contributed by atoms with E-state index >= 15 is 0 Å². The molecule has 1 aliphatic rings. The van der Waals surface area contributed by atoms with E-state index in [1.807, 2.05) is 18.2 Å². The fraction of sp³-hybridized carbons (Fsp3) is 0.294. The van der Waals surface area contributed by atoms with Crippen molar-refractivity contribution in [2.24, 2.45) is 0 Å². The molecule has 0 unspecified atom stereocenters. The highest BCUT2D eigenvalue weighted by molar-refractivity contribution is 14.1. The molecular formula is C17H15IN4O2. The second-order valence-corrected chi connectivity index (χ2v) is 6.82. The van der Waals surface area contributed by atoms with Crippen molar-refractivity contribution in [1.82, 2.24) is 15.2 Å². The number of benzene rings is 1. The van der Waals surface area contributed by atoms with Crippen LogP contribution in [-0.2, 0) is 4.79 Å². The van der Waals surface area contributed by atoms with Crippen LogP contribution < -0.4 is 5.32 Å². The summed E-state index contributed by atoms with van der Waals surface area (Å²) in [5.74, 6) is -0.537. The molecule has 0 saturated carbocycles. The largest absolute Gasteiger partial charge is 0.343 e. The fourth-order valence-corrected chi connectivity index (χ4v) is 3.35. The highest BCUT2D eigenvalue weighted by atomic mass is 127. The molecule has 1 fully saturated rings. The van der Waals surface area contributed by atoms with Crippen molar-refractivity contribution in [2.45, 2.75) is 18.9 Å². The Hall–Kier alpha value is -2.21. The maximum atomic E-state index is 12.4. The standard InChI is InChI=1S/C17H15IN4O2/c18-11-3-4-13-14(5-6-20-15(13)8-11)17(24)21-10-16(23)22-7-1-2-12(22)9-19/h3-6,8,12H,1-2,7,10H2,(H,21,24)/t12-/m0/s1. The summed E-state index contributed by atoms with van der Waals surface area (Å²) in [6.45, 7) is 0.467. The van der Waals surface area contributed by atoms with Crippen LogP contribution >= 0.6 is 22.6 Å². The smallest absolute Gasteiger partial charge is 0.252 e. The maximum absolute atomic E-state index is 12.4. The quantitative estimate of drug-likeness (QED) is 0.750. The number of nitriles is 1. The van der Waals surface area contributed by atoms with E-state index in [-0.39, 0.29) is 24.4 Å². The van der Waals surface area contributed by atoms with Crippen LogP contribution in [0, 0.1) is 14.9 Å². The summed E-state index contributed by atoms with van der Waals surface area (Å²) < 4.78 is 1.04. The van der Waals surface area contributed by atoms with Crippen molar-refractivity contribution in [3.05, 3.63) is 39.6 Å². The molecule has 24 heavy (non-hydrogen) atoms. The van der Waals surface area contributed by atoms with E-state index in [1.165, 1.54) is 4.90 Å². The van der Waals surface area contributed by atoms with Crippen molar-refractivity contribution in [3.8, 4) is 6.07 Å². The molecule has 1 atom stereocenters. The highest BCUT2D eigenvalue weighted by Crippen LogP contribution is 2.19. The van der Waals surface area contributed by atoms with Crippen molar-refractivity contribution >= 4 is 45.3 Å². The van der Waals surface area contributed by atoms with Gasteiger partial charge in [-0.15, -0.1) is 0 Å². The van der Waals surface area contributed by atoms with Gasteiger partial charge in [-0.05, 0) is 53.6 Å². The summed E-state index contributed by atoms with van der Waals surface area (Å²) in [6.07, 6.45) is 3.11. The molecular weight excluding hydrogens is 419 g/mol. The van der Waals surface area contributed by atoms with Gasteiger partial charge < -0.3 is 10.2 Å². The lowest BCUT2D eigenvalue weighted by atomic mass is 10.1. The van der Waals surface area contributed by atoms with Crippen LogP contribution in [-0.4, -0.2) is 40.8 Å². The molecule has 1 N–H and O–H groups in total. The van der Waals surface area contributed by atoms with E-state index in [0.717, 1.165) is 20.9 Å². The van der Waals surface area contributed by atoms with Crippen LogP contribution in [0.1, 0.15) is 23.2 Å². The number of nitrogens with one attached hydrogen (secondary N) is 1. The minimum atomic E-state index is -0.377. The molecule has 2 aromatic rings. The Kier molecular flexibility index (Phi) is 4.94. The third-order valence-corrected chi connectivity index (χ3v) is 4.74. The topological polar surface area (TPSA) is 86.1 Å². The lowest BCUT2D eigenvalue weighted by molar-refractivity contribution is -0.130. The predicted molar refractivity (Wildman–Crippen MR) is 97.1 cm³/mol. The lowest BCUT2D eigenvalue weighted by Crippen LogP contribution is -2.42. The zero-order valence-corrected chi connectivity index (χ0v) is 15.0. The lowest BCUT2D eigenvalue weighted by Gasteiger charge is -2.19. The number of rotatable bonds is 3. The average molecular weight is 434 g/mol. The highest BCUT2D eigenvalue weighted by Gasteiger charge is 2.28. The number of pyridine rings is 1. The van der Waals surface area contributed by atoms with Crippen LogP contribution in [0.2, 0.25) is 0 Å². The maximum Gasteiger partial charge on any atom is 0.252 e. The van der Waals surface area contributed by atoms with Crippen molar-refractivity contribution in [2.75, 3.05) is 13.1 Å². The van der Waals surface area contributed by atoms with Gasteiger partial charge in [0.1, 0.15) is 6.04 Å². The van der Waals surface area contributed by atoms with E-state index in [4.69, 9.17) is 5.26 Å². The summed E-state index contributed by atoms with van der Waals surface area (Å²) in [7, 11) is 0. The van der Waals surface area contributed by atoms with Crippen LogP contribution in [0.3, 0.4) is 0 Å². The van der Waals surface area contributed by atoms with Gasteiger partial charge in [-0.3, -0.25) is 14.6 Å². The molecule has 1 saturated heterocycles. The van der Waals surface area contributed by atoms with Gasteiger partial charge in [-0.2, -0.15) is 5.26 Å². The van der Waals surface area contributed by atoms with Crippen LogP contribution in [0.5, 0.6) is 0 Å². The van der Waals surface area contributed by atoms with Gasteiger partial charge in [0.05, 0.1) is 23.7 Å². The molecule has 7 heteroatoms. The van der Waals surface area contributed by atoms with Gasteiger partial charge >= 0.3 is 0 Å². The number of hydrogen-bond acceptors (Lipinski definition) is 4. The number of amides is 2. The molecule has 2 amide bonds. The second-order valence-electron chi connectivity index (χ2n) is 5.58. The van der Waals surface area contributed by atoms with E-state index < -0.39 is 0 Å². The number of carbonyl (C=O) groups excluding carboxylic acids is 2. The van der Waals surface area contributed by atoms with E-state index in [0.29, 0.717) is 18.5 Å². The molecule has 6 nitrogen and oxygen atoms in total. The summed E-state index contributed by atoms with van der Waals surface area (Å²) in [6, 6.07) is 9.06. The zero-order chi connectivity index (χ0) is 17.1. The first-order valence-electron chi connectivity index (χ1n) is 7.61. The fourth-order valence-electron chi connectivity index (χ4n) is 2.87. The van der Waals surface area contributed by atoms with Gasteiger partial charge in [-0.25, -0.2) is 0 Å². The molecule has 3 rings (SSSR count). The summed E-state index contributed by atoms with van der Waals surface area (Å²) in [5, 5.41) is 12.4. The average Bonchev–Trinajstić information content (AvgIpc) is 3.07. The molecule has 0 radical (unpaired) electrons. The van der Waals surface area contributed by atoms with Crippen LogP contribution in [0.25, 0.3) is 10.9 Å². The van der Waals surface area contributed by atoms with Gasteiger partial charge in [0.15, 0.2) is 0 Å². The second kappa shape index (κ2) is 7.13. The van der Waals surface area contributed by atoms with Crippen molar-refractivity contribution in [1.29, 1.82) is 5.26 Å². The Morgan fingerprint density at radius 3 is 3.04 bits per heavy atom. The Morgan fingerprint density at radius 1 is 1.42 bits per heavy atom. The number of nitrogens with zero attached hydrogens (tertiary/aromatic N) is 3. The Morgan fingerprint density at radius 2 is 2.25 bits per heavy atom. The molecule has 2 heterocycles. The Labute approximate surface area is 153 Å². The van der Waals surface area contributed by atoms with Gasteiger partial charge in [0, 0.05) is 21.7 Å². The van der Waals surface area contributed by atoms with Gasteiger partial charge in [0.25, 0.3) is 5.91 Å². The number of hydrogen-bond donors (Lipinski definition) is 1. The minimum Gasteiger partial charge on any atom is -0.343 e. The Bertz CT molecular complexity index is 846. The van der Waals surface area contributed by atoms with Crippen LogP contribution in [0.4, 0.5) is 0 Å². The van der Waals surface area contributed by atoms with E-state index in [9.17, 15) is 9.59 Å². The summed E-state index contributed by atoms with van der Waals surface area (Å²) >= 11 is 2.19.